The normalized spacial score (nSPS) is 19.0. The third-order valence-electron chi connectivity index (χ3n) is 7.10. The van der Waals surface area contributed by atoms with Gasteiger partial charge in [-0.15, -0.1) is 11.8 Å². The van der Waals surface area contributed by atoms with E-state index in [0.29, 0.717) is 33.7 Å². The maximum atomic E-state index is 13.5. The number of nitrogens with one attached hydrogen (secondary N) is 2. The van der Waals surface area contributed by atoms with E-state index in [1.165, 1.54) is 16.7 Å². The van der Waals surface area contributed by atoms with Gasteiger partial charge in [-0.1, -0.05) is 29.3 Å². The van der Waals surface area contributed by atoms with E-state index in [2.05, 4.69) is 15.5 Å². The highest BCUT2D eigenvalue weighted by Crippen LogP contribution is 2.46. The Hall–Kier alpha value is -2.70. The van der Waals surface area contributed by atoms with Gasteiger partial charge in [0.15, 0.2) is 0 Å². The summed E-state index contributed by atoms with van der Waals surface area (Å²) < 4.78 is 16.0. The molecule has 2 aromatic rings. The number of carbonyl (C=O) groups is 3. The van der Waals surface area contributed by atoms with Crippen molar-refractivity contribution in [3.63, 3.8) is 0 Å². The molecule has 228 valence electrons. The fourth-order valence-corrected chi connectivity index (χ4v) is 6.89. The third kappa shape index (κ3) is 8.67. The SMILES string of the molecule is COc1ccc(CNC(=O)C[C@H]2S[C@H](c3ccc(Cl)cc3Cl)N(CC(=O)NCCCN3CCOCC3)C2=O)c(OC)c1. The fourth-order valence-electron chi connectivity index (χ4n) is 4.83. The summed E-state index contributed by atoms with van der Waals surface area (Å²) in [7, 11) is 3.11. The molecule has 4 rings (SSSR count). The molecule has 13 heteroatoms. The second-order valence-corrected chi connectivity index (χ2v) is 12.1. The maximum Gasteiger partial charge on any atom is 0.239 e. The van der Waals surface area contributed by atoms with Crippen molar-refractivity contribution >= 4 is 52.7 Å². The van der Waals surface area contributed by atoms with Crippen LogP contribution in [0.25, 0.3) is 0 Å². The van der Waals surface area contributed by atoms with Crippen LogP contribution in [-0.2, 0) is 25.7 Å². The van der Waals surface area contributed by atoms with Crippen LogP contribution in [0.3, 0.4) is 0 Å². The van der Waals surface area contributed by atoms with E-state index >= 15 is 0 Å². The zero-order valence-corrected chi connectivity index (χ0v) is 26.0. The first-order valence-electron chi connectivity index (χ1n) is 13.7. The van der Waals surface area contributed by atoms with Crippen LogP contribution in [0, 0.1) is 0 Å². The summed E-state index contributed by atoms with van der Waals surface area (Å²) in [5.74, 6) is 0.368. The van der Waals surface area contributed by atoms with E-state index in [1.54, 1.807) is 44.6 Å². The molecule has 3 amide bonds. The molecule has 2 aromatic carbocycles. The molecule has 2 heterocycles. The summed E-state index contributed by atoms with van der Waals surface area (Å²) in [6, 6.07) is 10.4. The van der Waals surface area contributed by atoms with Gasteiger partial charge in [0.05, 0.1) is 32.7 Å². The molecule has 0 aromatic heterocycles. The number of nitrogens with zero attached hydrogens (tertiary/aromatic N) is 2. The molecule has 0 spiro atoms. The highest BCUT2D eigenvalue weighted by atomic mass is 35.5. The van der Waals surface area contributed by atoms with Crippen LogP contribution in [0.2, 0.25) is 10.0 Å². The molecule has 2 fully saturated rings. The highest BCUT2D eigenvalue weighted by molar-refractivity contribution is 8.01. The maximum absolute atomic E-state index is 13.5. The van der Waals surface area contributed by atoms with Crippen LogP contribution in [0.1, 0.15) is 29.3 Å². The summed E-state index contributed by atoms with van der Waals surface area (Å²) in [5, 5.41) is 5.42. The molecule has 2 saturated heterocycles. The Kier molecular flexibility index (Phi) is 12.0. The van der Waals surface area contributed by atoms with Crippen LogP contribution >= 0.6 is 35.0 Å². The van der Waals surface area contributed by atoms with Crippen LogP contribution < -0.4 is 20.1 Å². The largest absolute Gasteiger partial charge is 0.497 e. The van der Waals surface area contributed by atoms with Crippen molar-refractivity contribution in [1.29, 1.82) is 0 Å². The minimum Gasteiger partial charge on any atom is -0.497 e. The average molecular weight is 640 g/mol. The van der Waals surface area contributed by atoms with E-state index in [1.807, 2.05) is 6.07 Å². The van der Waals surface area contributed by atoms with Gasteiger partial charge in [-0.25, -0.2) is 0 Å². The summed E-state index contributed by atoms with van der Waals surface area (Å²) in [4.78, 5) is 43.2. The van der Waals surface area contributed by atoms with Gasteiger partial charge in [-0.3, -0.25) is 19.3 Å². The van der Waals surface area contributed by atoms with E-state index < -0.39 is 10.6 Å². The van der Waals surface area contributed by atoms with Crippen molar-refractivity contribution < 1.29 is 28.6 Å². The lowest BCUT2D eigenvalue weighted by Crippen LogP contribution is -2.42. The molecule has 2 N–H and O–H groups in total. The molecule has 0 aliphatic carbocycles. The number of ether oxygens (including phenoxy) is 3. The molecular formula is C29H36Cl2N4O6S. The Bertz CT molecular complexity index is 1260. The molecule has 0 saturated carbocycles. The molecule has 2 aliphatic heterocycles. The van der Waals surface area contributed by atoms with Crippen LogP contribution in [0.4, 0.5) is 0 Å². The van der Waals surface area contributed by atoms with E-state index in [-0.39, 0.29) is 37.2 Å². The average Bonchev–Trinajstić information content (AvgIpc) is 3.28. The second kappa shape index (κ2) is 15.7. The smallest absolute Gasteiger partial charge is 0.239 e. The van der Waals surface area contributed by atoms with Crippen molar-refractivity contribution in [2.45, 2.75) is 30.0 Å². The number of rotatable bonds is 13. The predicted molar refractivity (Wildman–Crippen MR) is 163 cm³/mol. The van der Waals surface area contributed by atoms with Gasteiger partial charge in [0.25, 0.3) is 0 Å². The van der Waals surface area contributed by atoms with Crippen molar-refractivity contribution in [2.75, 3.05) is 60.2 Å². The first kappa shape index (κ1) is 32.2. The number of carbonyl (C=O) groups excluding carboxylic acids is 3. The van der Waals surface area contributed by atoms with Crippen molar-refractivity contribution in [3.05, 3.63) is 57.6 Å². The number of halogens is 2. The molecule has 10 nitrogen and oxygen atoms in total. The lowest BCUT2D eigenvalue weighted by molar-refractivity contribution is -0.136. The van der Waals surface area contributed by atoms with Gasteiger partial charge in [-0.05, 0) is 37.2 Å². The lowest BCUT2D eigenvalue weighted by atomic mass is 10.1. The standard InChI is InChI=1S/C29H36Cl2N4O6S/c1-39-21-6-4-19(24(15-21)40-2)17-33-26(36)16-25-28(38)35(29(42-25)22-7-5-20(30)14-23(22)31)18-27(37)32-8-3-9-34-10-12-41-13-11-34/h4-7,14-15,25,29H,3,8-13,16-18H2,1-2H3,(H,32,37)(H,33,36)/t25-,29-/m1/s1. The summed E-state index contributed by atoms with van der Waals surface area (Å²) in [6.45, 7) is 4.67. The Balaban J connectivity index is 1.37. The highest BCUT2D eigenvalue weighted by Gasteiger charge is 2.43. The topological polar surface area (TPSA) is 109 Å². The van der Waals surface area contributed by atoms with Gasteiger partial charge >= 0.3 is 0 Å². The fraction of sp³-hybridized carbons (Fsp3) is 0.483. The zero-order chi connectivity index (χ0) is 30.1. The van der Waals surface area contributed by atoms with Crippen molar-refractivity contribution in [1.82, 2.24) is 20.4 Å². The molecule has 2 atom stereocenters. The quantitative estimate of drug-likeness (QED) is 0.321. The lowest BCUT2D eigenvalue weighted by Gasteiger charge is -2.26. The minimum absolute atomic E-state index is 0.0542. The van der Waals surface area contributed by atoms with Gasteiger partial charge in [0.1, 0.15) is 23.4 Å². The number of morpholine rings is 1. The number of amides is 3. The van der Waals surface area contributed by atoms with Crippen LogP contribution in [0.15, 0.2) is 36.4 Å². The molecule has 42 heavy (non-hydrogen) atoms. The van der Waals surface area contributed by atoms with Gasteiger partial charge in [0, 0.05) is 59.8 Å². The monoisotopic (exact) mass is 638 g/mol. The number of hydrogen-bond acceptors (Lipinski definition) is 8. The van der Waals surface area contributed by atoms with Crippen molar-refractivity contribution in [3.8, 4) is 11.5 Å². The molecule has 0 bridgehead atoms. The van der Waals surface area contributed by atoms with E-state index in [9.17, 15) is 14.4 Å². The van der Waals surface area contributed by atoms with E-state index in [0.717, 1.165) is 44.8 Å². The number of thioether (sulfide) groups is 1. The second-order valence-electron chi connectivity index (χ2n) is 9.93. The van der Waals surface area contributed by atoms with Crippen LogP contribution in [0.5, 0.6) is 11.5 Å². The van der Waals surface area contributed by atoms with E-state index in [4.69, 9.17) is 37.4 Å². The Labute approximate surface area is 260 Å². The Morgan fingerprint density at radius 1 is 1.05 bits per heavy atom. The summed E-state index contributed by atoms with van der Waals surface area (Å²) >= 11 is 13.9. The Morgan fingerprint density at radius 3 is 2.55 bits per heavy atom. The summed E-state index contributed by atoms with van der Waals surface area (Å²) in [6.07, 6.45) is 0.740. The van der Waals surface area contributed by atoms with Gasteiger partial charge in [-0.2, -0.15) is 0 Å². The van der Waals surface area contributed by atoms with Gasteiger partial charge in [0.2, 0.25) is 17.7 Å². The third-order valence-corrected chi connectivity index (χ3v) is 9.12. The number of methoxy groups -OCH3 is 2. The Morgan fingerprint density at radius 2 is 1.83 bits per heavy atom. The predicted octanol–water partition coefficient (Wildman–Crippen LogP) is 3.50. The molecule has 0 unspecified atom stereocenters. The zero-order valence-electron chi connectivity index (χ0n) is 23.7. The van der Waals surface area contributed by atoms with Gasteiger partial charge < -0.3 is 29.7 Å². The van der Waals surface area contributed by atoms with Crippen LogP contribution in [-0.4, -0.2) is 92.9 Å². The molecule has 2 aliphatic rings. The van der Waals surface area contributed by atoms with Crippen molar-refractivity contribution in [2.24, 2.45) is 0 Å². The first-order chi connectivity index (χ1) is 20.3. The minimum atomic E-state index is -0.686. The number of benzene rings is 2. The summed E-state index contributed by atoms with van der Waals surface area (Å²) in [5.41, 5.74) is 1.43. The molecule has 0 radical (unpaired) electrons. The number of hydrogen-bond donors (Lipinski definition) is 2. The first-order valence-corrected chi connectivity index (χ1v) is 15.4. The molecular weight excluding hydrogens is 603 g/mol.